The summed E-state index contributed by atoms with van der Waals surface area (Å²) in [5.74, 6) is 1.96. The second-order valence-corrected chi connectivity index (χ2v) is 6.34. The van der Waals surface area contributed by atoms with E-state index in [1.54, 1.807) is 0 Å². The molecule has 0 amide bonds. The maximum absolute atomic E-state index is 5.94. The number of aromatic nitrogens is 2. The standard InChI is InChI=1S/C16H21N3/c1-19-14-9-12(16(10-17)7-8-16)5-6-13(14)18-15(19)11-3-2-4-11/h5-6,9,11H,2-4,7-8,10,17H2,1H3. The summed E-state index contributed by atoms with van der Waals surface area (Å²) in [6.45, 7) is 0.770. The van der Waals surface area contributed by atoms with Gasteiger partial charge in [-0.25, -0.2) is 4.98 Å². The highest BCUT2D eigenvalue weighted by Crippen LogP contribution is 2.48. The average molecular weight is 255 g/mol. The van der Waals surface area contributed by atoms with Gasteiger partial charge in [0.05, 0.1) is 11.0 Å². The second kappa shape index (κ2) is 3.83. The van der Waals surface area contributed by atoms with Crippen LogP contribution in [0.3, 0.4) is 0 Å². The Morgan fingerprint density at radius 2 is 2.16 bits per heavy atom. The fraction of sp³-hybridized carbons (Fsp3) is 0.562. The number of aryl methyl sites for hydroxylation is 1. The van der Waals surface area contributed by atoms with Gasteiger partial charge in [-0.1, -0.05) is 12.5 Å². The second-order valence-electron chi connectivity index (χ2n) is 6.34. The lowest BCUT2D eigenvalue weighted by Gasteiger charge is -2.24. The Balaban J connectivity index is 1.82. The van der Waals surface area contributed by atoms with Crippen molar-refractivity contribution in [3.8, 4) is 0 Å². The highest BCUT2D eigenvalue weighted by Gasteiger charge is 2.43. The molecule has 100 valence electrons. The predicted octanol–water partition coefficient (Wildman–Crippen LogP) is 2.83. The van der Waals surface area contributed by atoms with Crippen molar-refractivity contribution in [2.24, 2.45) is 12.8 Å². The Bertz CT molecular complexity index is 633. The number of benzene rings is 1. The molecular weight excluding hydrogens is 234 g/mol. The van der Waals surface area contributed by atoms with Crippen LogP contribution in [0.15, 0.2) is 18.2 Å². The molecule has 1 aromatic heterocycles. The third-order valence-electron chi connectivity index (χ3n) is 5.24. The monoisotopic (exact) mass is 255 g/mol. The molecule has 19 heavy (non-hydrogen) atoms. The Hall–Kier alpha value is -1.35. The average Bonchev–Trinajstić information content (AvgIpc) is 3.11. The van der Waals surface area contributed by atoms with E-state index in [1.807, 2.05) is 0 Å². The molecule has 0 saturated heterocycles. The molecule has 0 spiro atoms. The van der Waals surface area contributed by atoms with E-state index in [0.717, 1.165) is 12.1 Å². The fourth-order valence-electron chi connectivity index (χ4n) is 3.33. The number of rotatable bonds is 3. The third kappa shape index (κ3) is 1.57. The molecule has 2 aliphatic rings. The summed E-state index contributed by atoms with van der Waals surface area (Å²) in [5, 5.41) is 0. The summed E-state index contributed by atoms with van der Waals surface area (Å²) >= 11 is 0. The zero-order chi connectivity index (χ0) is 13.0. The van der Waals surface area contributed by atoms with Crippen molar-refractivity contribution < 1.29 is 0 Å². The van der Waals surface area contributed by atoms with Gasteiger partial charge in [0, 0.05) is 24.9 Å². The summed E-state index contributed by atoms with van der Waals surface area (Å²) in [7, 11) is 2.16. The van der Waals surface area contributed by atoms with E-state index in [0.29, 0.717) is 5.92 Å². The predicted molar refractivity (Wildman–Crippen MR) is 77.3 cm³/mol. The summed E-state index contributed by atoms with van der Waals surface area (Å²) in [6.07, 6.45) is 6.44. The van der Waals surface area contributed by atoms with Gasteiger partial charge in [-0.15, -0.1) is 0 Å². The normalized spacial score (nSPS) is 21.6. The van der Waals surface area contributed by atoms with Crippen LogP contribution >= 0.6 is 0 Å². The molecule has 4 rings (SSSR count). The molecular formula is C16H21N3. The van der Waals surface area contributed by atoms with Crippen molar-refractivity contribution in [3.63, 3.8) is 0 Å². The first-order valence-corrected chi connectivity index (χ1v) is 7.40. The first-order chi connectivity index (χ1) is 9.23. The minimum absolute atomic E-state index is 0.273. The van der Waals surface area contributed by atoms with E-state index in [9.17, 15) is 0 Å². The molecule has 0 radical (unpaired) electrons. The maximum Gasteiger partial charge on any atom is 0.112 e. The third-order valence-corrected chi connectivity index (χ3v) is 5.24. The van der Waals surface area contributed by atoms with Gasteiger partial charge < -0.3 is 10.3 Å². The number of nitrogens with zero attached hydrogens (tertiary/aromatic N) is 2. The van der Waals surface area contributed by atoms with Crippen LogP contribution in [0.5, 0.6) is 0 Å². The van der Waals surface area contributed by atoms with Crippen molar-refractivity contribution in [2.45, 2.75) is 43.4 Å². The van der Waals surface area contributed by atoms with E-state index in [4.69, 9.17) is 10.7 Å². The van der Waals surface area contributed by atoms with Crippen LogP contribution in [-0.4, -0.2) is 16.1 Å². The highest BCUT2D eigenvalue weighted by atomic mass is 15.1. The molecule has 3 nitrogen and oxygen atoms in total. The lowest BCUT2D eigenvalue weighted by atomic mass is 9.85. The summed E-state index contributed by atoms with van der Waals surface area (Å²) in [5.41, 5.74) is 10.0. The van der Waals surface area contributed by atoms with Gasteiger partial charge in [0.2, 0.25) is 0 Å². The number of hydrogen-bond donors (Lipinski definition) is 1. The van der Waals surface area contributed by atoms with Gasteiger partial charge in [-0.05, 0) is 43.4 Å². The first kappa shape index (κ1) is 11.5. The van der Waals surface area contributed by atoms with Crippen LogP contribution in [-0.2, 0) is 12.5 Å². The Morgan fingerprint density at radius 1 is 1.37 bits per heavy atom. The quantitative estimate of drug-likeness (QED) is 0.916. The van der Waals surface area contributed by atoms with Crippen molar-refractivity contribution in [1.82, 2.24) is 9.55 Å². The molecule has 1 aromatic carbocycles. The Labute approximate surface area is 113 Å². The lowest BCUT2D eigenvalue weighted by molar-refractivity contribution is 0.394. The molecule has 2 saturated carbocycles. The largest absolute Gasteiger partial charge is 0.331 e. The topological polar surface area (TPSA) is 43.8 Å². The smallest absolute Gasteiger partial charge is 0.112 e. The van der Waals surface area contributed by atoms with E-state index < -0.39 is 0 Å². The molecule has 1 heterocycles. The van der Waals surface area contributed by atoms with Gasteiger partial charge in [0.15, 0.2) is 0 Å². The van der Waals surface area contributed by atoms with Crippen molar-refractivity contribution in [3.05, 3.63) is 29.6 Å². The zero-order valence-corrected chi connectivity index (χ0v) is 11.5. The summed E-state index contributed by atoms with van der Waals surface area (Å²) in [4.78, 5) is 4.84. The molecule has 0 atom stereocenters. The van der Waals surface area contributed by atoms with E-state index in [-0.39, 0.29) is 5.41 Å². The number of nitrogens with two attached hydrogens (primary N) is 1. The van der Waals surface area contributed by atoms with Gasteiger partial charge in [0.1, 0.15) is 5.82 Å². The van der Waals surface area contributed by atoms with Crippen LogP contribution in [0.25, 0.3) is 11.0 Å². The summed E-state index contributed by atoms with van der Waals surface area (Å²) < 4.78 is 2.30. The minimum Gasteiger partial charge on any atom is -0.331 e. The van der Waals surface area contributed by atoms with Gasteiger partial charge >= 0.3 is 0 Å². The molecule has 2 aliphatic carbocycles. The zero-order valence-electron chi connectivity index (χ0n) is 11.5. The van der Waals surface area contributed by atoms with Gasteiger partial charge in [-0.2, -0.15) is 0 Å². The molecule has 2 aromatic rings. The minimum atomic E-state index is 0.273. The van der Waals surface area contributed by atoms with Crippen molar-refractivity contribution in [2.75, 3.05) is 6.54 Å². The fourth-order valence-corrected chi connectivity index (χ4v) is 3.33. The van der Waals surface area contributed by atoms with Crippen LogP contribution in [0.1, 0.15) is 49.4 Å². The molecule has 2 N–H and O–H groups in total. The SMILES string of the molecule is Cn1c(C2CCC2)nc2ccc(C3(CN)CC3)cc21. The summed E-state index contributed by atoms with van der Waals surface area (Å²) in [6, 6.07) is 6.74. The van der Waals surface area contributed by atoms with Gasteiger partial charge in [-0.3, -0.25) is 0 Å². The Kier molecular flexibility index (Phi) is 2.31. The van der Waals surface area contributed by atoms with Crippen LogP contribution in [0, 0.1) is 0 Å². The lowest BCUT2D eigenvalue weighted by Crippen LogP contribution is -2.19. The number of fused-ring (bicyclic) bond motifs is 1. The van der Waals surface area contributed by atoms with E-state index >= 15 is 0 Å². The highest BCUT2D eigenvalue weighted by molar-refractivity contribution is 5.77. The van der Waals surface area contributed by atoms with Crippen LogP contribution < -0.4 is 5.73 Å². The van der Waals surface area contributed by atoms with E-state index in [1.165, 1.54) is 49.0 Å². The van der Waals surface area contributed by atoms with Crippen molar-refractivity contribution >= 4 is 11.0 Å². The molecule has 0 unspecified atom stereocenters. The maximum atomic E-state index is 5.94. The Morgan fingerprint density at radius 3 is 2.74 bits per heavy atom. The molecule has 3 heteroatoms. The number of imidazole rings is 1. The van der Waals surface area contributed by atoms with Gasteiger partial charge in [0.25, 0.3) is 0 Å². The van der Waals surface area contributed by atoms with Crippen LogP contribution in [0.4, 0.5) is 0 Å². The van der Waals surface area contributed by atoms with Crippen molar-refractivity contribution in [1.29, 1.82) is 0 Å². The first-order valence-electron chi connectivity index (χ1n) is 7.40. The molecule has 0 aliphatic heterocycles. The van der Waals surface area contributed by atoms with Crippen LogP contribution in [0.2, 0.25) is 0 Å². The molecule has 2 fully saturated rings. The van der Waals surface area contributed by atoms with E-state index in [2.05, 4.69) is 29.8 Å². The number of hydrogen-bond acceptors (Lipinski definition) is 2. The molecule has 0 bridgehead atoms.